The normalized spacial score (nSPS) is 12.1. The topological polar surface area (TPSA) is 80.7 Å². The van der Waals surface area contributed by atoms with Crippen LogP contribution in [0, 0.1) is 0 Å². The van der Waals surface area contributed by atoms with Crippen LogP contribution >= 0.6 is 0 Å². The average Bonchev–Trinajstić information content (AvgIpc) is 2.66. The van der Waals surface area contributed by atoms with Crippen molar-refractivity contribution in [2.75, 3.05) is 7.11 Å². The van der Waals surface area contributed by atoms with Crippen molar-refractivity contribution in [1.82, 2.24) is 0 Å². The molecule has 0 saturated carbocycles. The van der Waals surface area contributed by atoms with Gasteiger partial charge in [-0.2, -0.15) is 0 Å². The van der Waals surface area contributed by atoms with Crippen molar-refractivity contribution in [1.29, 1.82) is 0 Å². The number of ether oxygens (including phenoxy) is 1. The van der Waals surface area contributed by atoms with Crippen LogP contribution in [0.25, 0.3) is 16.3 Å². The molecule has 3 rings (SSSR count). The smallest absolute Gasteiger partial charge is 0.339 e. The molecule has 1 N–H and O–H groups in total. The summed E-state index contributed by atoms with van der Waals surface area (Å²) in [6.07, 6.45) is 1.10. The Morgan fingerprint density at radius 1 is 1.00 bits per heavy atom. The second-order valence-electron chi connectivity index (χ2n) is 6.00. The third kappa shape index (κ3) is 4.01. The van der Waals surface area contributed by atoms with E-state index in [1.165, 1.54) is 7.11 Å². The van der Waals surface area contributed by atoms with E-state index < -0.39 is 15.8 Å². The molecule has 0 fully saturated rings. The molecule has 0 atom stereocenters. The molecule has 0 bridgehead atoms. The number of carboxylic acid groups (broad SMARTS) is 1. The molecule has 0 spiro atoms. The number of sulfone groups is 1. The fourth-order valence-electron chi connectivity index (χ4n) is 2.90. The van der Waals surface area contributed by atoms with E-state index in [0.717, 1.165) is 17.0 Å². The van der Waals surface area contributed by atoms with Crippen LogP contribution in [0.15, 0.2) is 77.9 Å². The summed E-state index contributed by atoms with van der Waals surface area (Å²) in [5.41, 5.74) is 0.620. The number of hydrogen-bond acceptors (Lipinski definition) is 4. The van der Waals surface area contributed by atoms with Gasteiger partial charge in [0.15, 0.2) is 9.84 Å². The van der Waals surface area contributed by atoms with Crippen molar-refractivity contribution in [3.63, 3.8) is 0 Å². The monoisotopic (exact) mass is 382 g/mol. The highest BCUT2D eigenvalue weighted by Gasteiger charge is 2.21. The van der Waals surface area contributed by atoms with Gasteiger partial charge in [0.25, 0.3) is 0 Å². The Kier molecular flexibility index (Phi) is 5.28. The Labute approximate surface area is 157 Å². The summed E-state index contributed by atoms with van der Waals surface area (Å²) in [6, 6.07) is 19.0. The maximum atomic E-state index is 12.9. The van der Waals surface area contributed by atoms with Crippen LogP contribution < -0.4 is 0 Å². The number of hydrogen-bond donors (Lipinski definition) is 1. The van der Waals surface area contributed by atoms with E-state index in [1.54, 1.807) is 42.5 Å². The second-order valence-corrected chi connectivity index (χ2v) is 7.99. The first-order chi connectivity index (χ1) is 12.9. The van der Waals surface area contributed by atoms with Crippen molar-refractivity contribution < 1.29 is 23.1 Å². The van der Waals surface area contributed by atoms with E-state index in [9.17, 15) is 18.3 Å². The van der Waals surface area contributed by atoms with E-state index in [4.69, 9.17) is 4.74 Å². The van der Waals surface area contributed by atoms with Crippen LogP contribution in [0.2, 0.25) is 0 Å². The molecule has 3 aromatic carbocycles. The molecule has 0 aliphatic rings. The SMILES string of the molecule is COC=C(C(=O)O)c1ccccc1CS(=O)(=O)c1ccc2ccccc2c1. The van der Waals surface area contributed by atoms with Crippen molar-refractivity contribution in [3.05, 3.63) is 84.1 Å². The molecular weight excluding hydrogens is 364 g/mol. The van der Waals surface area contributed by atoms with Crippen molar-refractivity contribution in [3.8, 4) is 0 Å². The van der Waals surface area contributed by atoms with Crippen LogP contribution in [0.4, 0.5) is 0 Å². The van der Waals surface area contributed by atoms with Gasteiger partial charge in [0, 0.05) is 0 Å². The summed E-state index contributed by atoms with van der Waals surface area (Å²) in [5.74, 6) is -1.50. The minimum Gasteiger partial charge on any atom is -0.503 e. The molecule has 138 valence electrons. The highest BCUT2D eigenvalue weighted by atomic mass is 32.2. The third-order valence-electron chi connectivity index (χ3n) is 4.20. The van der Waals surface area contributed by atoms with Gasteiger partial charge in [-0.3, -0.25) is 0 Å². The Balaban J connectivity index is 2.03. The fraction of sp³-hybridized carbons (Fsp3) is 0.0952. The van der Waals surface area contributed by atoms with E-state index in [-0.39, 0.29) is 16.2 Å². The van der Waals surface area contributed by atoms with E-state index >= 15 is 0 Å². The van der Waals surface area contributed by atoms with Gasteiger partial charge < -0.3 is 9.84 Å². The number of benzene rings is 3. The molecule has 0 aromatic heterocycles. The first kappa shape index (κ1) is 18.7. The van der Waals surface area contributed by atoms with Gasteiger partial charge >= 0.3 is 5.97 Å². The van der Waals surface area contributed by atoms with Gasteiger partial charge in [-0.05, 0) is 34.0 Å². The number of methoxy groups -OCH3 is 1. The van der Waals surface area contributed by atoms with Gasteiger partial charge in [-0.15, -0.1) is 0 Å². The maximum absolute atomic E-state index is 12.9. The van der Waals surface area contributed by atoms with Gasteiger partial charge in [0.1, 0.15) is 5.57 Å². The zero-order valence-corrected chi connectivity index (χ0v) is 15.4. The summed E-state index contributed by atoms with van der Waals surface area (Å²) in [6.45, 7) is 0. The Bertz CT molecular complexity index is 1130. The molecule has 0 saturated heterocycles. The van der Waals surface area contributed by atoms with Gasteiger partial charge in [-0.1, -0.05) is 54.6 Å². The summed E-state index contributed by atoms with van der Waals surface area (Å²) < 4.78 is 30.7. The summed E-state index contributed by atoms with van der Waals surface area (Å²) in [4.78, 5) is 11.7. The Morgan fingerprint density at radius 2 is 1.67 bits per heavy atom. The number of carboxylic acids is 1. The zero-order valence-electron chi connectivity index (χ0n) is 14.6. The largest absolute Gasteiger partial charge is 0.503 e. The van der Waals surface area contributed by atoms with Gasteiger partial charge in [-0.25, -0.2) is 13.2 Å². The minimum absolute atomic E-state index is 0.0955. The van der Waals surface area contributed by atoms with Crippen LogP contribution in [0.1, 0.15) is 11.1 Å². The fourth-order valence-corrected chi connectivity index (χ4v) is 4.31. The molecule has 0 aliphatic carbocycles. The molecule has 0 amide bonds. The second kappa shape index (κ2) is 7.63. The predicted molar refractivity (Wildman–Crippen MR) is 104 cm³/mol. The van der Waals surface area contributed by atoms with E-state index in [1.807, 2.05) is 24.3 Å². The van der Waals surface area contributed by atoms with Gasteiger partial charge in [0.05, 0.1) is 24.0 Å². The molecule has 3 aromatic rings. The molecule has 6 heteroatoms. The molecule has 0 heterocycles. The van der Waals surface area contributed by atoms with Crippen molar-refractivity contribution >= 4 is 32.2 Å². The summed E-state index contributed by atoms with van der Waals surface area (Å²) in [5, 5.41) is 11.2. The Morgan fingerprint density at radius 3 is 2.37 bits per heavy atom. The van der Waals surface area contributed by atoms with Crippen LogP contribution in [-0.2, 0) is 25.1 Å². The summed E-state index contributed by atoms with van der Waals surface area (Å²) in [7, 11) is -2.32. The first-order valence-corrected chi connectivity index (χ1v) is 9.84. The number of fused-ring (bicyclic) bond motifs is 1. The summed E-state index contributed by atoms with van der Waals surface area (Å²) >= 11 is 0. The molecule has 0 unspecified atom stereocenters. The van der Waals surface area contributed by atoms with Crippen LogP contribution in [-0.4, -0.2) is 26.6 Å². The van der Waals surface area contributed by atoms with Gasteiger partial charge in [0.2, 0.25) is 0 Å². The lowest BCUT2D eigenvalue weighted by atomic mass is 10.0. The zero-order chi connectivity index (χ0) is 19.4. The van der Waals surface area contributed by atoms with Crippen molar-refractivity contribution in [2.45, 2.75) is 10.6 Å². The molecule has 27 heavy (non-hydrogen) atoms. The van der Waals surface area contributed by atoms with Crippen molar-refractivity contribution in [2.24, 2.45) is 0 Å². The molecular formula is C21H18O5S. The molecule has 0 aliphatic heterocycles. The quantitative estimate of drug-likeness (QED) is 0.517. The van der Waals surface area contributed by atoms with Crippen LogP contribution in [0.3, 0.4) is 0 Å². The van der Waals surface area contributed by atoms with E-state index in [2.05, 4.69) is 0 Å². The number of rotatable bonds is 6. The third-order valence-corrected chi connectivity index (χ3v) is 5.86. The predicted octanol–water partition coefficient (Wildman–Crippen LogP) is 3.89. The standard InChI is InChI=1S/C21H18O5S/c1-26-13-20(21(22)23)19-9-5-4-8-17(19)14-27(24,25)18-11-10-15-6-2-3-7-16(15)12-18/h2-13H,14H2,1H3,(H,22,23). The minimum atomic E-state index is -3.66. The highest BCUT2D eigenvalue weighted by Crippen LogP contribution is 2.26. The van der Waals surface area contributed by atoms with E-state index in [0.29, 0.717) is 11.1 Å². The lowest BCUT2D eigenvalue weighted by molar-refractivity contribution is -0.130. The average molecular weight is 382 g/mol. The molecule has 5 nitrogen and oxygen atoms in total. The first-order valence-electron chi connectivity index (χ1n) is 8.18. The number of aliphatic carboxylic acids is 1. The molecule has 0 radical (unpaired) electrons. The van der Waals surface area contributed by atoms with Crippen LogP contribution in [0.5, 0.6) is 0 Å². The Hall–Kier alpha value is -3.12. The lowest BCUT2D eigenvalue weighted by Crippen LogP contribution is -2.09. The lowest BCUT2D eigenvalue weighted by Gasteiger charge is -2.11. The highest BCUT2D eigenvalue weighted by molar-refractivity contribution is 7.90. The maximum Gasteiger partial charge on any atom is 0.339 e. The number of carbonyl (C=O) groups is 1.